The molecule has 0 fully saturated rings. The van der Waals surface area contributed by atoms with E-state index >= 15 is 0 Å². The fourth-order valence-electron chi connectivity index (χ4n) is 2.17. The molecule has 1 atom stereocenters. The summed E-state index contributed by atoms with van der Waals surface area (Å²) >= 11 is 0. The molecule has 0 aliphatic rings. The number of hydrogen-bond donors (Lipinski definition) is 1. The van der Waals surface area contributed by atoms with Crippen LogP contribution >= 0.6 is 0 Å². The summed E-state index contributed by atoms with van der Waals surface area (Å²) in [6.07, 6.45) is 3.54. The zero-order chi connectivity index (χ0) is 13.1. The largest absolute Gasteiger partial charge is 0.309 e. The minimum absolute atomic E-state index is 0.145. The van der Waals surface area contributed by atoms with Crippen LogP contribution in [0, 0.1) is 19.7 Å². The van der Waals surface area contributed by atoms with Gasteiger partial charge in [0.1, 0.15) is 5.82 Å². The zero-order valence-electron chi connectivity index (χ0n) is 10.9. The van der Waals surface area contributed by atoms with Crippen molar-refractivity contribution in [1.29, 1.82) is 0 Å². The molecule has 0 saturated heterocycles. The van der Waals surface area contributed by atoms with Gasteiger partial charge in [-0.3, -0.25) is 4.98 Å². The monoisotopic (exact) mass is 244 g/mol. The van der Waals surface area contributed by atoms with Crippen LogP contribution in [-0.2, 0) is 0 Å². The highest BCUT2D eigenvalue weighted by molar-refractivity contribution is 5.37. The molecule has 3 heteroatoms. The SMILES string of the molecule is CNC(c1ccncc1C)c1cc(C)ccc1F. The second-order valence-corrected chi connectivity index (χ2v) is 4.48. The molecule has 0 aliphatic heterocycles. The first kappa shape index (κ1) is 12.7. The number of nitrogens with zero attached hydrogens (tertiary/aromatic N) is 1. The molecule has 1 aromatic carbocycles. The topological polar surface area (TPSA) is 24.9 Å². The highest BCUT2D eigenvalue weighted by atomic mass is 19.1. The van der Waals surface area contributed by atoms with Gasteiger partial charge in [0.2, 0.25) is 0 Å². The predicted molar refractivity (Wildman–Crippen MR) is 71.0 cm³/mol. The molecule has 0 saturated carbocycles. The third kappa shape index (κ3) is 2.41. The van der Waals surface area contributed by atoms with Gasteiger partial charge >= 0.3 is 0 Å². The highest BCUT2D eigenvalue weighted by Gasteiger charge is 2.17. The Labute approximate surface area is 107 Å². The maximum Gasteiger partial charge on any atom is 0.128 e. The van der Waals surface area contributed by atoms with Gasteiger partial charge in [-0.05, 0) is 44.2 Å². The van der Waals surface area contributed by atoms with Crippen LogP contribution in [0.5, 0.6) is 0 Å². The van der Waals surface area contributed by atoms with E-state index in [-0.39, 0.29) is 11.9 Å². The Morgan fingerprint density at radius 1 is 1.17 bits per heavy atom. The number of nitrogens with one attached hydrogen (secondary N) is 1. The van der Waals surface area contributed by atoms with E-state index in [2.05, 4.69) is 10.3 Å². The lowest BCUT2D eigenvalue weighted by Crippen LogP contribution is -2.20. The van der Waals surface area contributed by atoms with Gasteiger partial charge in [-0.25, -0.2) is 4.39 Å². The predicted octanol–water partition coefficient (Wildman–Crippen LogP) is 3.15. The number of aryl methyl sites for hydroxylation is 2. The minimum atomic E-state index is -0.184. The normalized spacial score (nSPS) is 12.4. The van der Waals surface area contributed by atoms with E-state index in [9.17, 15) is 4.39 Å². The van der Waals surface area contributed by atoms with Crippen molar-refractivity contribution in [3.63, 3.8) is 0 Å². The molecular weight excluding hydrogens is 227 g/mol. The molecule has 0 aliphatic carbocycles. The minimum Gasteiger partial charge on any atom is -0.309 e. The highest BCUT2D eigenvalue weighted by Crippen LogP contribution is 2.26. The molecule has 0 radical (unpaired) electrons. The molecular formula is C15H17FN2. The van der Waals surface area contributed by atoms with E-state index in [1.165, 1.54) is 6.07 Å². The summed E-state index contributed by atoms with van der Waals surface area (Å²) in [5, 5.41) is 3.18. The van der Waals surface area contributed by atoms with E-state index < -0.39 is 0 Å². The fourth-order valence-corrected chi connectivity index (χ4v) is 2.17. The van der Waals surface area contributed by atoms with Crippen LogP contribution < -0.4 is 5.32 Å². The van der Waals surface area contributed by atoms with E-state index in [0.717, 1.165) is 16.7 Å². The van der Waals surface area contributed by atoms with Crippen molar-refractivity contribution in [3.05, 3.63) is 64.7 Å². The average Bonchev–Trinajstić information content (AvgIpc) is 2.36. The molecule has 2 nitrogen and oxygen atoms in total. The van der Waals surface area contributed by atoms with Gasteiger partial charge in [-0.2, -0.15) is 0 Å². The second kappa shape index (κ2) is 5.27. The van der Waals surface area contributed by atoms with Crippen molar-refractivity contribution in [2.45, 2.75) is 19.9 Å². The number of benzene rings is 1. The Bertz CT molecular complexity index is 552. The van der Waals surface area contributed by atoms with Crippen LogP contribution in [0.2, 0.25) is 0 Å². The van der Waals surface area contributed by atoms with Gasteiger partial charge in [-0.1, -0.05) is 17.7 Å². The van der Waals surface area contributed by atoms with Crippen molar-refractivity contribution in [2.24, 2.45) is 0 Å². The van der Waals surface area contributed by atoms with Crippen molar-refractivity contribution in [2.75, 3.05) is 7.05 Å². The smallest absolute Gasteiger partial charge is 0.128 e. The summed E-state index contributed by atoms with van der Waals surface area (Å²) in [6, 6.07) is 6.97. The Morgan fingerprint density at radius 3 is 2.61 bits per heavy atom. The van der Waals surface area contributed by atoms with Crippen molar-refractivity contribution >= 4 is 0 Å². The van der Waals surface area contributed by atoms with Crippen LogP contribution in [0.4, 0.5) is 4.39 Å². The van der Waals surface area contributed by atoms with Crippen molar-refractivity contribution < 1.29 is 4.39 Å². The Hall–Kier alpha value is -1.74. The van der Waals surface area contributed by atoms with Gasteiger partial charge < -0.3 is 5.32 Å². The summed E-state index contributed by atoms with van der Waals surface area (Å²) in [7, 11) is 1.84. The third-order valence-corrected chi connectivity index (χ3v) is 3.13. The Kier molecular flexibility index (Phi) is 3.72. The standard InChI is InChI=1S/C15H17FN2/c1-10-4-5-14(16)13(8-10)15(17-3)12-6-7-18-9-11(12)2/h4-9,15,17H,1-3H3. The summed E-state index contributed by atoms with van der Waals surface area (Å²) < 4.78 is 14.0. The maximum absolute atomic E-state index is 14.0. The van der Waals surface area contributed by atoms with Gasteiger partial charge in [0.15, 0.2) is 0 Å². The van der Waals surface area contributed by atoms with E-state index in [1.807, 2.05) is 33.0 Å². The summed E-state index contributed by atoms with van der Waals surface area (Å²) in [4.78, 5) is 4.07. The summed E-state index contributed by atoms with van der Waals surface area (Å²) in [5.74, 6) is -0.184. The molecule has 94 valence electrons. The van der Waals surface area contributed by atoms with E-state index in [0.29, 0.717) is 5.56 Å². The molecule has 1 aromatic heterocycles. The maximum atomic E-state index is 14.0. The molecule has 1 heterocycles. The first-order valence-electron chi connectivity index (χ1n) is 5.97. The van der Waals surface area contributed by atoms with Crippen LogP contribution in [0.25, 0.3) is 0 Å². The van der Waals surface area contributed by atoms with Crippen LogP contribution in [-0.4, -0.2) is 12.0 Å². The van der Waals surface area contributed by atoms with Gasteiger partial charge in [0.25, 0.3) is 0 Å². The molecule has 2 rings (SSSR count). The third-order valence-electron chi connectivity index (χ3n) is 3.13. The first-order valence-corrected chi connectivity index (χ1v) is 5.97. The van der Waals surface area contributed by atoms with Crippen LogP contribution in [0.15, 0.2) is 36.7 Å². The summed E-state index contributed by atoms with van der Waals surface area (Å²) in [5.41, 5.74) is 3.83. The molecule has 1 N–H and O–H groups in total. The molecule has 18 heavy (non-hydrogen) atoms. The molecule has 0 amide bonds. The summed E-state index contributed by atoms with van der Waals surface area (Å²) in [6.45, 7) is 3.95. The van der Waals surface area contributed by atoms with Gasteiger partial charge in [0, 0.05) is 18.0 Å². The van der Waals surface area contributed by atoms with Crippen molar-refractivity contribution in [3.8, 4) is 0 Å². The van der Waals surface area contributed by atoms with E-state index in [1.54, 1.807) is 18.5 Å². The van der Waals surface area contributed by atoms with E-state index in [4.69, 9.17) is 0 Å². The Morgan fingerprint density at radius 2 is 1.94 bits per heavy atom. The zero-order valence-corrected chi connectivity index (χ0v) is 10.9. The van der Waals surface area contributed by atoms with Gasteiger partial charge in [-0.15, -0.1) is 0 Å². The van der Waals surface area contributed by atoms with Crippen LogP contribution in [0.3, 0.4) is 0 Å². The number of hydrogen-bond acceptors (Lipinski definition) is 2. The quantitative estimate of drug-likeness (QED) is 0.897. The molecule has 0 bridgehead atoms. The van der Waals surface area contributed by atoms with Crippen molar-refractivity contribution in [1.82, 2.24) is 10.3 Å². The second-order valence-electron chi connectivity index (χ2n) is 4.48. The Balaban J connectivity index is 2.52. The molecule has 0 spiro atoms. The lowest BCUT2D eigenvalue weighted by Gasteiger charge is -2.20. The number of rotatable bonds is 3. The fraction of sp³-hybridized carbons (Fsp3) is 0.267. The molecule has 2 aromatic rings. The number of pyridine rings is 1. The lowest BCUT2D eigenvalue weighted by atomic mass is 9.95. The number of aromatic nitrogens is 1. The average molecular weight is 244 g/mol. The first-order chi connectivity index (χ1) is 8.63. The molecule has 1 unspecified atom stereocenters. The van der Waals surface area contributed by atoms with Crippen LogP contribution in [0.1, 0.15) is 28.3 Å². The van der Waals surface area contributed by atoms with Gasteiger partial charge in [0.05, 0.1) is 6.04 Å². The number of halogens is 1. The lowest BCUT2D eigenvalue weighted by molar-refractivity contribution is 0.574.